The van der Waals surface area contributed by atoms with E-state index in [0.717, 1.165) is 36.4 Å². The number of aromatic hydroxyl groups is 1. The first kappa shape index (κ1) is 18.9. The Morgan fingerprint density at radius 1 is 0.750 bits per heavy atom. The van der Waals surface area contributed by atoms with Crippen LogP contribution in [0.15, 0.2) is 98.9 Å². The topological polar surface area (TPSA) is 32.6 Å². The zero-order chi connectivity index (χ0) is 19.5. The van der Waals surface area contributed by atoms with E-state index in [0.29, 0.717) is 0 Å². The number of benzene rings is 4. The Morgan fingerprint density at radius 3 is 2.11 bits per heavy atom. The van der Waals surface area contributed by atoms with Crippen molar-refractivity contribution in [1.82, 2.24) is 0 Å². The largest absolute Gasteiger partial charge is 0.508 e. The minimum absolute atomic E-state index is 0.250. The van der Waals surface area contributed by atoms with Crippen molar-refractivity contribution in [3.8, 4) is 5.75 Å². The third-order valence-corrected chi connectivity index (χ3v) is 5.71. The van der Waals surface area contributed by atoms with Crippen LogP contribution in [0.25, 0.3) is 10.8 Å². The second-order valence-corrected chi connectivity index (χ2v) is 8.33. The molecule has 0 aliphatic heterocycles. The lowest BCUT2D eigenvalue weighted by Gasteiger charge is -2.18. The van der Waals surface area contributed by atoms with Gasteiger partial charge in [-0.05, 0) is 52.2 Å². The first-order valence-corrected chi connectivity index (χ1v) is 10.5. The summed E-state index contributed by atoms with van der Waals surface area (Å²) in [7, 11) is 0. The van der Waals surface area contributed by atoms with Crippen LogP contribution < -0.4 is 0 Å². The predicted octanol–water partition coefficient (Wildman–Crippen LogP) is 7.28. The summed E-state index contributed by atoms with van der Waals surface area (Å²) in [6.07, 6.45) is 1.86. The Bertz CT molecular complexity index is 1140. The van der Waals surface area contributed by atoms with Gasteiger partial charge in [0, 0.05) is 20.7 Å². The highest BCUT2D eigenvalue weighted by Gasteiger charge is 2.19. The molecule has 0 heterocycles. The van der Waals surface area contributed by atoms with E-state index in [-0.39, 0.29) is 11.8 Å². The SMILES string of the molecule is Oc1ccc2ccccc2c1C(N=Cc1ccc(Br)cc1)c1ccc(Br)cc1. The van der Waals surface area contributed by atoms with Crippen molar-refractivity contribution >= 4 is 48.8 Å². The van der Waals surface area contributed by atoms with Gasteiger partial charge in [-0.25, -0.2) is 0 Å². The number of fused-ring (bicyclic) bond motifs is 1. The second kappa shape index (κ2) is 8.29. The minimum Gasteiger partial charge on any atom is -0.508 e. The summed E-state index contributed by atoms with van der Waals surface area (Å²) in [5, 5.41) is 12.8. The molecule has 0 aliphatic carbocycles. The molecule has 0 amide bonds. The average molecular weight is 495 g/mol. The third kappa shape index (κ3) is 4.03. The van der Waals surface area contributed by atoms with E-state index in [2.05, 4.69) is 37.9 Å². The summed E-state index contributed by atoms with van der Waals surface area (Å²) < 4.78 is 2.04. The van der Waals surface area contributed by atoms with Crippen molar-refractivity contribution in [3.63, 3.8) is 0 Å². The van der Waals surface area contributed by atoms with Gasteiger partial charge in [-0.1, -0.05) is 86.5 Å². The van der Waals surface area contributed by atoms with E-state index in [4.69, 9.17) is 4.99 Å². The Kier molecular flexibility index (Phi) is 5.60. The molecule has 4 aromatic carbocycles. The number of phenolic OH excluding ortho intramolecular Hbond substituents is 1. The monoisotopic (exact) mass is 493 g/mol. The van der Waals surface area contributed by atoms with E-state index in [1.54, 1.807) is 6.07 Å². The number of phenols is 1. The number of aliphatic imine (C=N–C) groups is 1. The van der Waals surface area contributed by atoms with Crippen LogP contribution in [0.2, 0.25) is 0 Å². The van der Waals surface area contributed by atoms with Crippen LogP contribution in [-0.2, 0) is 0 Å². The molecule has 0 saturated heterocycles. The molecule has 28 heavy (non-hydrogen) atoms. The van der Waals surface area contributed by atoms with Crippen LogP contribution >= 0.6 is 31.9 Å². The van der Waals surface area contributed by atoms with Gasteiger partial charge in [0.1, 0.15) is 11.8 Å². The third-order valence-electron chi connectivity index (χ3n) is 4.65. The summed E-state index contributed by atoms with van der Waals surface area (Å²) >= 11 is 6.96. The van der Waals surface area contributed by atoms with Gasteiger partial charge in [0.25, 0.3) is 0 Å². The first-order chi connectivity index (χ1) is 13.6. The summed E-state index contributed by atoms with van der Waals surface area (Å²) in [5.74, 6) is 0.250. The van der Waals surface area contributed by atoms with E-state index in [9.17, 15) is 5.11 Å². The van der Waals surface area contributed by atoms with Crippen LogP contribution in [0.1, 0.15) is 22.7 Å². The zero-order valence-electron chi connectivity index (χ0n) is 14.9. The lowest BCUT2D eigenvalue weighted by Crippen LogP contribution is -2.01. The van der Waals surface area contributed by atoms with E-state index < -0.39 is 0 Å². The standard InChI is InChI=1S/C24H17Br2NO/c25-19-10-5-16(6-11-19)15-27-24(18-7-12-20(26)13-8-18)23-21-4-2-1-3-17(21)9-14-22(23)28/h1-15,24,28H. The molecular formula is C24H17Br2NO. The highest BCUT2D eigenvalue weighted by Crippen LogP contribution is 2.38. The Hall–Kier alpha value is -2.43. The fourth-order valence-corrected chi connectivity index (χ4v) is 3.78. The molecule has 138 valence electrons. The van der Waals surface area contributed by atoms with Crippen LogP contribution in [0.4, 0.5) is 0 Å². The highest BCUT2D eigenvalue weighted by molar-refractivity contribution is 9.10. The van der Waals surface area contributed by atoms with Crippen molar-refractivity contribution in [3.05, 3.63) is 111 Å². The predicted molar refractivity (Wildman–Crippen MR) is 123 cm³/mol. The van der Waals surface area contributed by atoms with Gasteiger partial charge in [-0.3, -0.25) is 4.99 Å². The van der Waals surface area contributed by atoms with E-state index in [1.165, 1.54) is 0 Å². The molecule has 1 unspecified atom stereocenters. The second-order valence-electron chi connectivity index (χ2n) is 6.50. The summed E-state index contributed by atoms with van der Waals surface area (Å²) in [6, 6.07) is 27.5. The van der Waals surface area contributed by atoms with E-state index >= 15 is 0 Å². The fourth-order valence-electron chi connectivity index (χ4n) is 3.25. The maximum absolute atomic E-state index is 10.7. The van der Waals surface area contributed by atoms with Crippen LogP contribution in [0, 0.1) is 0 Å². The van der Waals surface area contributed by atoms with Gasteiger partial charge < -0.3 is 5.11 Å². The minimum atomic E-state index is -0.317. The number of halogens is 2. The molecule has 4 aromatic rings. The highest BCUT2D eigenvalue weighted by atomic mass is 79.9. The molecule has 1 atom stereocenters. The number of rotatable bonds is 4. The first-order valence-electron chi connectivity index (χ1n) is 8.86. The summed E-state index contributed by atoms with van der Waals surface area (Å²) in [5.41, 5.74) is 2.84. The fraction of sp³-hybridized carbons (Fsp3) is 0.0417. The molecule has 0 bridgehead atoms. The van der Waals surface area contributed by atoms with Crippen LogP contribution in [-0.4, -0.2) is 11.3 Å². The number of hydrogen-bond donors (Lipinski definition) is 1. The van der Waals surface area contributed by atoms with Crippen molar-refractivity contribution in [1.29, 1.82) is 0 Å². The molecule has 1 N–H and O–H groups in total. The number of nitrogens with zero attached hydrogens (tertiary/aromatic N) is 1. The molecule has 0 aliphatic rings. The van der Waals surface area contributed by atoms with E-state index in [1.807, 2.05) is 79.0 Å². The van der Waals surface area contributed by atoms with Crippen molar-refractivity contribution in [2.45, 2.75) is 6.04 Å². The summed E-state index contributed by atoms with van der Waals surface area (Å²) in [4.78, 5) is 4.89. The van der Waals surface area contributed by atoms with Crippen LogP contribution in [0.3, 0.4) is 0 Å². The molecule has 0 fully saturated rings. The molecule has 4 rings (SSSR count). The van der Waals surface area contributed by atoms with Gasteiger partial charge >= 0.3 is 0 Å². The molecule has 0 radical (unpaired) electrons. The maximum Gasteiger partial charge on any atom is 0.121 e. The molecular weight excluding hydrogens is 478 g/mol. The molecule has 0 saturated carbocycles. The molecule has 2 nitrogen and oxygen atoms in total. The zero-order valence-corrected chi connectivity index (χ0v) is 18.1. The molecule has 0 aromatic heterocycles. The van der Waals surface area contributed by atoms with Crippen LogP contribution in [0.5, 0.6) is 5.75 Å². The van der Waals surface area contributed by atoms with Gasteiger partial charge in [0.2, 0.25) is 0 Å². The maximum atomic E-state index is 10.7. The molecule has 0 spiro atoms. The average Bonchev–Trinajstić information content (AvgIpc) is 2.72. The quantitative estimate of drug-likeness (QED) is 0.297. The lowest BCUT2D eigenvalue weighted by atomic mass is 9.93. The smallest absolute Gasteiger partial charge is 0.121 e. The lowest BCUT2D eigenvalue weighted by molar-refractivity contribution is 0.467. The van der Waals surface area contributed by atoms with Gasteiger partial charge in [-0.2, -0.15) is 0 Å². The summed E-state index contributed by atoms with van der Waals surface area (Å²) in [6.45, 7) is 0. The number of hydrogen-bond acceptors (Lipinski definition) is 2. The Morgan fingerprint density at radius 2 is 1.39 bits per heavy atom. The van der Waals surface area contributed by atoms with Crippen molar-refractivity contribution in [2.75, 3.05) is 0 Å². The Labute approximate surface area is 180 Å². The molecule has 4 heteroatoms. The Balaban J connectivity index is 1.87. The van der Waals surface area contributed by atoms with Gasteiger partial charge in [0.15, 0.2) is 0 Å². The van der Waals surface area contributed by atoms with Crippen molar-refractivity contribution in [2.24, 2.45) is 4.99 Å². The van der Waals surface area contributed by atoms with Gasteiger partial charge in [0.05, 0.1) is 0 Å². The van der Waals surface area contributed by atoms with Crippen molar-refractivity contribution < 1.29 is 5.11 Å². The van der Waals surface area contributed by atoms with Gasteiger partial charge in [-0.15, -0.1) is 0 Å². The normalized spacial score (nSPS) is 12.5.